The van der Waals surface area contributed by atoms with E-state index in [1.54, 1.807) is 12.0 Å². The maximum atomic E-state index is 12.6. The Labute approximate surface area is 137 Å². The third kappa shape index (κ3) is 3.57. The smallest absolute Gasteiger partial charge is 0.255 e. The zero-order valence-electron chi connectivity index (χ0n) is 13.7. The molecule has 1 atom stereocenters. The van der Waals surface area contributed by atoms with E-state index in [4.69, 9.17) is 9.47 Å². The minimum Gasteiger partial charge on any atom is -0.385 e. The Kier molecular flexibility index (Phi) is 4.99. The molecule has 1 aromatic carbocycles. The first-order chi connectivity index (χ1) is 11.1. The Morgan fingerprint density at radius 1 is 1.30 bits per heavy atom. The lowest BCUT2D eigenvalue weighted by Gasteiger charge is -2.44. The van der Waals surface area contributed by atoms with Crippen LogP contribution in [0.2, 0.25) is 0 Å². The lowest BCUT2D eigenvalue weighted by atomic mass is 9.79. The van der Waals surface area contributed by atoms with Crippen LogP contribution in [-0.2, 0) is 27.1 Å². The molecule has 0 aromatic heterocycles. The van der Waals surface area contributed by atoms with Gasteiger partial charge in [-0.1, -0.05) is 24.3 Å². The van der Waals surface area contributed by atoms with Crippen LogP contribution in [0.3, 0.4) is 0 Å². The molecule has 0 saturated carbocycles. The number of likely N-dealkylation sites (tertiary alicyclic amines) is 1. The summed E-state index contributed by atoms with van der Waals surface area (Å²) in [5, 5.41) is 10.8. The zero-order chi connectivity index (χ0) is 16.3. The quantitative estimate of drug-likeness (QED) is 0.800. The molecule has 1 N–H and O–H groups in total. The van der Waals surface area contributed by atoms with Gasteiger partial charge in [-0.3, -0.25) is 4.79 Å². The Bertz CT molecular complexity index is 556. The van der Waals surface area contributed by atoms with Crippen LogP contribution in [0.5, 0.6) is 0 Å². The van der Waals surface area contributed by atoms with E-state index in [0.29, 0.717) is 39.1 Å². The van der Waals surface area contributed by atoms with Crippen LogP contribution in [0.25, 0.3) is 0 Å². The summed E-state index contributed by atoms with van der Waals surface area (Å²) in [6.07, 6.45) is 2.62. The Hall–Kier alpha value is -1.43. The van der Waals surface area contributed by atoms with Crippen molar-refractivity contribution in [2.24, 2.45) is 0 Å². The molecule has 1 aliphatic carbocycles. The first-order valence-electron chi connectivity index (χ1n) is 8.31. The molecular formula is C18H25NO4. The summed E-state index contributed by atoms with van der Waals surface area (Å²) in [4.78, 5) is 14.4. The topological polar surface area (TPSA) is 59.0 Å². The molecule has 1 aliphatic heterocycles. The number of hydrogen-bond acceptors (Lipinski definition) is 4. The van der Waals surface area contributed by atoms with Gasteiger partial charge in [0, 0.05) is 39.8 Å². The molecule has 1 amide bonds. The van der Waals surface area contributed by atoms with E-state index in [-0.39, 0.29) is 12.0 Å². The molecule has 1 aromatic rings. The van der Waals surface area contributed by atoms with Gasteiger partial charge < -0.3 is 19.5 Å². The zero-order valence-corrected chi connectivity index (χ0v) is 13.7. The van der Waals surface area contributed by atoms with E-state index in [1.165, 1.54) is 5.56 Å². The van der Waals surface area contributed by atoms with Crippen LogP contribution < -0.4 is 0 Å². The summed E-state index contributed by atoms with van der Waals surface area (Å²) in [7, 11) is 1.67. The third-order valence-electron chi connectivity index (χ3n) is 4.79. The van der Waals surface area contributed by atoms with Gasteiger partial charge in [0.15, 0.2) is 0 Å². The fourth-order valence-electron chi connectivity index (χ4n) is 3.36. The molecule has 0 bridgehead atoms. The number of aryl methyl sites for hydroxylation is 1. The Balaban J connectivity index is 1.50. The predicted molar refractivity (Wildman–Crippen MR) is 86.2 cm³/mol. The van der Waals surface area contributed by atoms with E-state index in [9.17, 15) is 9.90 Å². The van der Waals surface area contributed by atoms with Crippen LogP contribution in [0, 0.1) is 0 Å². The van der Waals surface area contributed by atoms with Crippen molar-refractivity contribution in [3.05, 3.63) is 35.4 Å². The van der Waals surface area contributed by atoms with E-state index < -0.39 is 5.60 Å². The summed E-state index contributed by atoms with van der Waals surface area (Å²) in [6, 6.07) is 8.05. The Morgan fingerprint density at radius 2 is 2.04 bits per heavy atom. The van der Waals surface area contributed by atoms with Crippen molar-refractivity contribution in [2.45, 2.75) is 37.4 Å². The number of carbonyl (C=O) groups is 1. The van der Waals surface area contributed by atoms with Crippen LogP contribution in [0.15, 0.2) is 24.3 Å². The van der Waals surface area contributed by atoms with Crippen molar-refractivity contribution in [2.75, 3.05) is 33.4 Å². The van der Waals surface area contributed by atoms with Crippen molar-refractivity contribution in [1.29, 1.82) is 0 Å². The molecule has 3 rings (SSSR count). The molecule has 5 heteroatoms. The van der Waals surface area contributed by atoms with E-state index in [0.717, 1.165) is 18.4 Å². The van der Waals surface area contributed by atoms with Crippen LogP contribution in [0.4, 0.5) is 0 Å². The lowest BCUT2D eigenvalue weighted by Crippen LogP contribution is -2.62. The number of methoxy groups -OCH3 is 1. The van der Waals surface area contributed by atoms with Gasteiger partial charge in [-0.25, -0.2) is 0 Å². The van der Waals surface area contributed by atoms with Gasteiger partial charge in [-0.15, -0.1) is 0 Å². The normalized spacial score (nSPS) is 24.2. The number of hydrogen-bond donors (Lipinski definition) is 1. The van der Waals surface area contributed by atoms with Gasteiger partial charge in [0.25, 0.3) is 5.91 Å². The summed E-state index contributed by atoms with van der Waals surface area (Å²) >= 11 is 0. The number of carbonyl (C=O) groups excluding carboxylic acids is 1. The number of aliphatic hydroxyl groups is 1. The van der Waals surface area contributed by atoms with Crippen LogP contribution in [0.1, 0.15) is 24.0 Å². The third-order valence-corrected chi connectivity index (χ3v) is 4.79. The second-order valence-electron chi connectivity index (χ2n) is 6.53. The number of benzene rings is 1. The summed E-state index contributed by atoms with van der Waals surface area (Å²) in [6.45, 7) is 2.50. The first-order valence-corrected chi connectivity index (χ1v) is 8.31. The van der Waals surface area contributed by atoms with Crippen LogP contribution in [-0.4, -0.2) is 61.0 Å². The average molecular weight is 319 g/mol. The summed E-state index contributed by atoms with van der Waals surface area (Å²) < 4.78 is 10.7. The molecule has 1 fully saturated rings. The Morgan fingerprint density at radius 3 is 2.78 bits per heavy atom. The van der Waals surface area contributed by atoms with Gasteiger partial charge in [0.2, 0.25) is 0 Å². The highest BCUT2D eigenvalue weighted by Gasteiger charge is 2.45. The highest BCUT2D eigenvalue weighted by Crippen LogP contribution is 2.31. The minimum absolute atomic E-state index is 0.0929. The monoisotopic (exact) mass is 319 g/mol. The van der Waals surface area contributed by atoms with E-state index >= 15 is 0 Å². The number of amides is 1. The van der Waals surface area contributed by atoms with Crippen molar-refractivity contribution in [1.82, 2.24) is 4.90 Å². The molecule has 0 radical (unpaired) electrons. The second kappa shape index (κ2) is 6.99. The van der Waals surface area contributed by atoms with Gasteiger partial charge in [-0.05, 0) is 30.4 Å². The van der Waals surface area contributed by atoms with Crippen molar-refractivity contribution in [3.63, 3.8) is 0 Å². The van der Waals surface area contributed by atoms with Crippen molar-refractivity contribution in [3.8, 4) is 0 Å². The fourth-order valence-corrected chi connectivity index (χ4v) is 3.36. The first kappa shape index (κ1) is 16.4. The van der Waals surface area contributed by atoms with Crippen molar-refractivity contribution >= 4 is 5.91 Å². The summed E-state index contributed by atoms with van der Waals surface area (Å²) in [5.41, 5.74) is 1.07. The van der Waals surface area contributed by atoms with E-state index in [1.807, 2.05) is 18.2 Å². The molecule has 126 valence electrons. The number of rotatable bonds is 6. The molecule has 23 heavy (non-hydrogen) atoms. The molecular weight excluding hydrogens is 294 g/mol. The van der Waals surface area contributed by atoms with Crippen molar-refractivity contribution < 1.29 is 19.4 Å². The van der Waals surface area contributed by atoms with Gasteiger partial charge in [0.05, 0.1) is 6.10 Å². The largest absolute Gasteiger partial charge is 0.385 e. The molecule has 5 nitrogen and oxygen atoms in total. The number of fused-ring (bicyclic) bond motifs is 1. The predicted octanol–water partition coefficient (Wildman–Crippen LogP) is 1.17. The standard InChI is InChI=1S/C18H25NO4/c1-22-9-4-10-23-16-12-19(13-16)17(20)18(21)8-7-14-5-2-3-6-15(14)11-18/h2-3,5-6,16,21H,4,7-13H2,1H3/t18-/m1/s1. The molecule has 1 heterocycles. The minimum atomic E-state index is -1.25. The summed E-state index contributed by atoms with van der Waals surface area (Å²) in [5.74, 6) is -0.149. The highest BCUT2D eigenvalue weighted by molar-refractivity contribution is 5.86. The molecule has 0 unspecified atom stereocenters. The number of ether oxygens (including phenoxy) is 2. The lowest BCUT2D eigenvalue weighted by molar-refractivity contribution is -0.166. The number of nitrogens with zero attached hydrogens (tertiary/aromatic N) is 1. The second-order valence-corrected chi connectivity index (χ2v) is 6.53. The molecule has 2 aliphatic rings. The molecule has 0 spiro atoms. The van der Waals surface area contributed by atoms with Crippen LogP contribution >= 0.6 is 0 Å². The SMILES string of the molecule is COCCCOC1CN(C(=O)[C@@]2(O)CCc3ccccc3C2)C1. The maximum absolute atomic E-state index is 12.6. The molecule has 1 saturated heterocycles. The van der Waals surface area contributed by atoms with E-state index in [2.05, 4.69) is 6.07 Å². The highest BCUT2D eigenvalue weighted by atomic mass is 16.5. The maximum Gasteiger partial charge on any atom is 0.255 e. The van der Waals surface area contributed by atoms with Gasteiger partial charge in [-0.2, -0.15) is 0 Å². The van der Waals surface area contributed by atoms with Gasteiger partial charge in [0.1, 0.15) is 5.60 Å². The van der Waals surface area contributed by atoms with Gasteiger partial charge >= 0.3 is 0 Å². The average Bonchev–Trinajstić information content (AvgIpc) is 2.52. The fraction of sp³-hybridized carbons (Fsp3) is 0.611.